The highest BCUT2D eigenvalue weighted by molar-refractivity contribution is 8.65. The fourth-order valence-electron chi connectivity index (χ4n) is 0.558. The van der Waals surface area contributed by atoms with Gasteiger partial charge in [-0.05, 0) is 0 Å². The van der Waals surface area contributed by atoms with Crippen molar-refractivity contribution in [3.05, 3.63) is 0 Å². The van der Waals surface area contributed by atoms with Crippen LogP contribution >= 0.6 is 0 Å². The molecule has 0 heterocycles. The Hall–Kier alpha value is -0.730. The van der Waals surface area contributed by atoms with E-state index < -0.39 is 24.7 Å². The SMILES string of the molecule is N#CCCNS(=O)(=O)S(=O)(=O)NCCO. The third-order valence-corrected chi connectivity index (χ3v) is 5.33. The molecule has 8 nitrogen and oxygen atoms in total. The number of hydrogen-bond donors (Lipinski definition) is 3. The van der Waals surface area contributed by atoms with Gasteiger partial charge < -0.3 is 5.11 Å². The molecule has 0 fully saturated rings. The molecule has 0 bridgehead atoms. The van der Waals surface area contributed by atoms with Gasteiger partial charge in [0.25, 0.3) is 0 Å². The molecule has 0 saturated heterocycles. The molecule has 0 aromatic carbocycles. The molecule has 10 heteroatoms. The van der Waals surface area contributed by atoms with Crippen LogP contribution in [0.1, 0.15) is 6.42 Å². The van der Waals surface area contributed by atoms with E-state index in [0.29, 0.717) is 0 Å². The van der Waals surface area contributed by atoms with Gasteiger partial charge in [0.2, 0.25) is 0 Å². The molecule has 88 valence electrons. The standard InChI is InChI=1S/C5H11N3O5S2/c6-2-1-3-7-14(10,11)15(12,13)8-4-5-9/h7-9H,1,3-5H2. The molecule has 0 unspecified atom stereocenters. The van der Waals surface area contributed by atoms with Crippen LogP contribution in [-0.4, -0.2) is 41.6 Å². The van der Waals surface area contributed by atoms with Gasteiger partial charge in [0, 0.05) is 19.5 Å². The summed E-state index contributed by atoms with van der Waals surface area (Å²) in [7, 11) is -9.12. The minimum absolute atomic E-state index is 0.130. The fraction of sp³-hybridized carbons (Fsp3) is 0.800. The second-order valence-corrected chi connectivity index (χ2v) is 7.36. The van der Waals surface area contributed by atoms with E-state index in [2.05, 4.69) is 0 Å². The summed E-state index contributed by atoms with van der Waals surface area (Å²) in [6, 6.07) is 1.65. The lowest BCUT2D eigenvalue weighted by Gasteiger charge is -2.06. The number of nitriles is 1. The minimum Gasteiger partial charge on any atom is -0.395 e. The van der Waals surface area contributed by atoms with Gasteiger partial charge in [-0.2, -0.15) is 26.8 Å². The summed E-state index contributed by atoms with van der Waals surface area (Å²) < 4.78 is 47.7. The zero-order valence-electron chi connectivity index (χ0n) is 7.67. The molecule has 0 saturated carbocycles. The summed E-state index contributed by atoms with van der Waals surface area (Å²) in [4.78, 5) is 0. The van der Waals surface area contributed by atoms with E-state index in [1.807, 2.05) is 0 Å². The van der Waals surface area contributed by atoms with Crippen molar-refractivity contribution in [3.8, 4) is 6.07 Å². The molecule has 0 rings (SSSR count). The van der Waals surface area contributed by atoms with Crippen molar-refractivity contribution in [1.29, 1.82) is 5.26 Å². The third-order valence-electron chi connectivity index (χ3n) is 1.20. The minimum atomic E-state index is -4.56. The summed E-state index contributed by atoms with van der Waals surface area (Å²) in [5.41, 5.74) is 0. The van der Waals surface area contributed by atoms with E-state index in [0.717, 1.165) is 0 Å². The van der Waals surface area contributed by atoms with E-state index in [-0.39, 0.29) is 19.5 Å². The van der Waals surface area contributed by atoms with Gasteiger partial charge in [0.1, 0.15) is 0 Å². The number of aliphatic hydroxyl groups is 1. The van der Waals surface area contributed by atoms with Gasteiger partial charge in [0.15, 0.2) is 0 Å². The van der Waals surface area contributed by atoms with Crippen LogP contribution in [0.2, 0.25) is 0 Å². The van der Waals surface area contributed by atoms with Gasteiger partial charge in [-0.15, -0.1) is 0 Å². The topological polar surface area (TPSA) is 136 Å². The lowest BCUT2D eigenvalue weighted by molar-refractivity contribution is 0.301. The largest absolute Gasteiger partial charge is 0.395 e. The van der Waals surface area contributed by atoms with Crippen LogP contribution in [-0.2, 0) is 18.1 Å². The molecule has 0 aliphatic rings. The second-order valence-electron chi connectivity index (χ2n) is 2.33. The Bertz CT molecular complexity index is 420. The number of aliphatic hydroxyl groups excluding tert-OH is 1. The van der Waals surface area contributed by atoms with Crippen LogP contribution in [0.4, 0.5) is 0 Å². The molecule has 15 heavy (non-hydrogen) atoms. The number of hydrogen-bond acceptors (Lipinski definition) is 6. The van der Waals surface area contributed by atoms with Crippen LogP contribution < -0.4 is 9.44 Å². The highest BCUT2D eigenvalue weighted by Gasteiger charge is 2.28. The maximum Gasteiger partial charge on any atom is 0.331 e. The average Bonchev–Trinajstić information content (AvgIpc) is 2.15. The quantitative estimate of drug-likeness (QED) is 0.345. The van der Waals surface area contributed by atoms with Gasteiger partial charge >= 0.3 is 18.1 Å². The summed E-state index contributed by atoms with van der Waals surface area (Å²) in [6.07, 6.45) is -0.130. The Labute approximate surface area is 87.4 Å². The molecule has 0 spiro atoms. The van der Waals surface area contributed by atoms with Crippen molar-refractivity contribution in [2.75, 3.05) is 19.7 Å². The monoisotopic (exact) mass is 257 g/mol. The molecule has 0 aliphatic carbocycles. The van der Waals surface area contributed by atoms with Crippen LogP contribution in [0.25, 0.3) is 0 Å². The lowest BCUT2D eigenvalue weighted by atomic mass is 10.5. The smallest absolute Gasteiger partial charge is 0.331 e. The first-order valence-electron chi connectivity index (χ1n) is 3.84. The summed E-state index contributed by atoms with van der Waals surface area (Å²) in [5, 5.41) is 16.4. The highest BCUT2D eigenvalue weighted by Crippen LogP contribution is 1.95. The first kappa shape index (κ1) is 14.3. The van der Waals surface area contributed by atoms with Crippen molar-refractivity contribution >= 4 is 18.1 Å². The van der Waals surface area contributed by atoms with Gasteiger partial charge in [0.05, 0.1) is 12.7 Å². The Morgan fingerprint density at radius 3 is 1.93 bits per heavy atom. The molecular weight excluding hydrogens is 246 g/mol. The van der Waals surface area contributed by atoms with Crippen molar-refractivity contribution in [2.24, 2.45) is 0 Å². The van der Waals surface area contributed by atoms with E-state index in [1.54, 1.807) is 15.5 Å². The predicted molar refractivity (Wildman–Crippen MR) is 51.2 cm³/mol. The molecular formula is C5H11N3O5S2. The molecule has 0 aromatic rings. The van der Waals surface area contributed by atoms with Crippen molar-refractivity contribution in [1.82, 2.24) is 9.44 Å². The summed E-state index contributed by atoms with van der Waals surface area (Å²) >= 11 is 0. The molecule has 0 aliphatic heterocycles. The van der Waals surface area contributed by atoms with Crippen LogP contribution in [0.5, 0.6) is 0 Å². The maximum atomic E-state index is 11.1. The van der Waals surface area contributed by atoms with E-state index in [4.69, 9.17) is 10.4 Å². The van der Waals surface area contributed by atoms with Gasteiger partial charge in [-0.25, -0.2) is 4.72 Å². The first-order valence-corrected chi connectivity index (χ1v) is 7.33. The second kappa shape index (κ2) is 5.99. The third kappa shape index (κ3) is 4.54. The zero-order chi connectivity index (χ0) is 11.9. The Morgan fingerprint density at radius 2 is 1.53 bits per heavy atom. The van der Waals surface area contributed by atoms with Crippen molar-refractivity contribution in [2.45, 2.75) is 6.42 Å². The zero-order valence-corrected chi connectivity index (χ0v) is 9.31. The molecule has 3 N–H and O–H groups in total. The van der Waals surface area contributed by atoms with Crippen molar-refractivity contribution in [3.63, 3.8) is 0 Å². The normalized spacial score (nSPS) is 12.3. The molecule has 0 amide bonds. The highest BCUT2D eigenvalue weighted by atomic mass is 33.2. The van der Waals surface area contributed by atoms with Gasteiger partial charge in [-0.1, -0.05) is 0 Å². The average molecular weight is 257 g/mol. The van der Waals surface area contributed by atoms with E-state index in [1.165, 1.54) is 0 Å². The molecule has 0 aromatic heterocycles. The number of nitrogens with zero attached hydrogens (tertiary/aromatic N) is 1. The summed E-state index contributed by atoms with van der Waals surface area (Å²) in [5.74, 6) is 0. The number of rotatable bonds is 7. The van der Waals surface area contributed by atoms with Crippen molar-refractivity contribution < 1.29 is 21.9 Å². The lowest BCUT2D eigenvalue weighted by Crippen LogP contribution is -2.40. The first-order chi connectivity index (χ1) is 6.87. The predicted octanol–water partition coefficient (Wildman–Crippen LogP) is -2.35. The van der Waals surface area contributed by atoms with E-state index >= 15 is 0 Å². The Morgan fingerprint density at radius 1 is 1.07 bits per heavy atom. The van der Waals surface area contributed by atoms with Crippen LogP contribution in [0.3, 0.4) is 0 Å². The van der Waals surface area contributed by atoms with Crippen LogP contribution in [0, 0.1) is 11.3 Å². The molecule has 0 atom stereocenters. The molecule has 0 radical (unpaired) electrons. The summed E-state index contributed by atoms with van der Waals surface area (Å²) in [6.45, 7) is -1.17. The fourth-order valence-corrected chi connectivity index (χ4v) is 2.99. The maximum absolute atomic E-state index is 11.1. The van der Waals surface area contributed by atoms with Gasteiger partial charge in [-0.3, -0.25) is 0 Å². The Kier molecular flexibility index (Phi) is 5.69. The van der Waals surface area contributed by atoms with Crippen LogP contribution in [0.15, 0.2) is 0 Å². The Balaban J connectivity index is 4.52. The number of nitrogens with one attached hydrogen (secondary N) is 2. The van der Waals surface area contributed by atoms with E-state index in [9.17, 15) is 16.8 Å².